The molecule has 7 nitrogen and oxygen atoms in total. The summed E-state index contributed by atoms with van der Waals surface area (Å²) in [4.78, 5) is 11.7. The van der Waals surface area contributed by atoms with Gasteiger partial charge in [0, 0.05) is 10.6 Å². The number of amides is 1. The van der Waals surface area contributed by atoms with E-state index in [4.69, 9.17) is 14.1 Å². The van der Waals surface area contributed by atoms with Crippen molar-refractivity contribution in [3.05, 3.63) is 48.5 Å². The summed E-state index contributed by atoms with van der Waals surface area (Å²) >= 11 is 0. The lowest BCUT2D eigenvalue weighted by Gasteiger charge is -2.34. The van der Waals surface area contributed by atoms with Crippen LogP contribution in [0.2, 0.25) is 0 Å². The Bertz CT molecular complexity index is 775. The van der Waals surface area contributed by atoms with Crippen molar-refractivity contribution in [3.63, 3.8) is 0 Å². The molecular weight excluding hydrogens is 369 g/mol. The molecule has 0 spiro atoms. The minimum atomic E-state index is -3.76. The molecule has 0 aliphatic rings. The molecular formula is C19H24NO6P. The van der Waals surface area contributed by atoms with Gasteiger partial charge in [0.15, 0.2) is 0 Å². The van der Waals surface area contributed by atoms with Crippen molar-refractivity contribution in [2.75, 3.05) is 14.2 Å². The second-order valence-corrected chi connectivity index (χ2v) is 9.08. The smallest absolute Gasteiger partial charge is 0.432 e. The highest BCUT2D eigenvalue weighted by Gasteiger charge is 2.38. The predicted molar refractivity (Wildman–Crippen MR) is 104 cm³/mol. The lowest BCUT2D eigenvalue weighted by Crippen LogP contribution is -2.45. The Morgan fingerprint density at radius 1 is 0.889 bits per heavy atom. The molecule has 2 rings (SSSR count). The van der Waals surface area contributed by atoms with Gasteiger partial charge in [0.2, 0.25) is 0 Å². The first kappa shape index (κ1) is 20.8. The predicted octanol–water partition coefficient (Wildman–Crippen LogP) is 3.64. The first-order valence-corrected chi connectivity index (χ1v) is 9.86. The van der Waals surface area contributed by atoms with Crippen LogP contribution >= 0.6 is 7.37 Å². The monoisotopic (exact) mass is 393 g/mol. The molecule has 1 amide bonds. The largest absolute Gasteiger partial charge is 0.497 e. The van der Waals surface area contributed by atoms with Crippen LogP contribution in [-0.2, 0) is 9.19 Å². The molecule has 0 bridgehead atoms. The van der Waals surface area contributed by atoms with Gasteiger partial charge in [-0.05, 0) is 69.3 Å². The van der Waals surface area contributed by atoms with Gasteiger partial charge in [-0.25, -0.2) is 4.79 Å². The van der Waals surface area contributed by atoms with Crippen molar-refractivity contribution in [1.29, 1.82) is 0 Å². The summed E-state index contributed by atoms with van der Waals surface area (Å²) in [5.41, 5.74) is -0.916. The molecule has 0 heterocycles. The second-order valence-electron chi connectivity index (χ2n) is 6.78. The highest BCUT2D eigenvalue weighted by Crippen LogP contribution is 2.47. The van der Waals surface area contributed by atoms with Crippen LogP contribution in [0.5, 0.6) is 11.5 Å². The summed E-state index contributed by atoms with van der Waals surface area (Å²) in [6, 6.07) is 13.0. The topological polar surface area (TPSA) is 85.3 Å². The number of hydrogen-bond donors (Lipinski definition) is 1. The average molecular weight is 393 g/mol. The van der Waals surface area contributed by atoms with E-state index in [1.165, 1.54) is 14.2 Å². The van der Waals surface area contributed by atoms with E-state index in [2.05, 4.69) is 0 Å². The number of benzene rings is 2. The Morgan fingerprint density at radius 2 is 1.26 bits per heavy atom. The molecule has 8 heteroatoms. The van der Waals surface area contributed by atoms with Gasteiger partial charge < -0.3 is 14.6 Å². The summed E-state index contributed by atoms with van der Waals surface area (Å²) in [7, 11) is -0.701. The highest BCUT2D eigenvalue weighted by atomic mass is 31.2. The fourth-order valence-corrected chi connectivity index (χ4v) is 4.47. The Kier molecular flexibility index (Phi) is 6.19. The molecule has 0 atom stereocenters. The molecule has 2 aromatic rings. The molecule has 27 heavy (non-hydrogen) atoms. The van der Waals surface area contributed by atoms with Gasteiger partial charge in [0.25, 0.3) is 7.37 Å². The summed E-state index contributed by atoms with van der Waals surface area (Å²) in [6.07, 6.45) is -1.33. The van der Waals surface area contributed by atoms with E-state index < -0.39 is 19.0 Å². The Hall–Kier alpha value is -2.50. The summed E-state index contributed by atoms with van der Waals surface area (Å²) < 4.78 is 29.9. The number of hydrogen-bond acceptors (Lipinski definition) is 5. The third kappa shape index (κ3) is 4.62. The van der Waals surface area contributed by atoms with Gasteiger partial charge in [-0.15, -0.1) is 0 Å². The number of methoxy groups -OCH3 is 2. The number of rotatable bonds is 6. The Labute approximate surface area is 158 Å². The van der Waals surface area contributed by atoms with Crippen LogP contribution in [0.1, 0.15) is 20.8 Å². The molecule has 0 fully saturated rings. The van der Waals surface area contributed by atoms with Crippen molar-refractivity contribution in [1.82, 2.24) is 5.06 Å². The zero-order valence-corrected chi connectivity index (χ0v) is 16.9. The van der Waals surface area contributed by atoms with E-state index >= 15 is 0 Å². The number of ether oxygens (including phenoxy) is 2. The van der Waals surface area contributed by atoms with Crippen LogP contribution < -0.4 is 20.1 Å². The minimum absolute atomic E-state index is 0.351. The maximum absolute atomic E-state index is 14.0. The van der Waals surface area contributed by atoms with Crippen LogP contribution in [0.3, 0.4) is 0 Å². The molecule has 0 radical (unpaired) electrons. The first-order chi connectivity index (χ1) is 12.6. The molecule has 0 saturated heterocycles. The molecule has 0 aliphatic heterocycles. The SMILES string of the molecule is COc1ccc(P(=O)(ON(C(=O)O)C(C)(C)C)c2ccc(OC)cc2)cc1. The van der Waals surface area contributed by atoms with Crippen LogP contribution in [0.4, 0.5) is 4.79 Å². The van der Waals surface area contributed by atoms with Gasteiger partial charge in [0.1, 0.15) is 11.5 Å². The maximum Gasteiger partial charge on any atom is 0.432 e. The zero-order chi connectivity index (χ0) is 20.2. The minimum Gasteiger partial charge on any atom is -0.497 e. The lowest BCUT2D eigenvalue weighted by atomic mass is 10.1. The van der Waals surface area contributed by atoms with Crippen molar-refractivity contribution >= 4 is 24.1 Å². The van der Waals surface area contributed by atoms with E-state index in [9.17, 15) is 14.5 Å². The number of hydroxylamine groups is 2. The second kappa shape index (κ2) is 8.03. The zero-order valence-electron chi connectivity index (χ0n) is 16.0. The molecule has 2 aromatic carbocycles. The van der Waals surface area contributed by atoms with Gasteiger partial charge in [0.05, 0.1) is 19.8 Å². The highest BCUT2D eigenvalue weighted by molar-refractivity contribution is 7.74. The number of nitrogens with zero attached hydrogens (tertiary/aromatic N) is 1. The van der Waals surface area contributed by atoms with Crippen LogP contribution in [0.15, 0.2) is 48.5 Å². The standard InChI is InChI=1S/C19H24NO6P/c1-19(2,3)20(18(21)22)26-27(23,16-10-6-14(24-4)7-11-16)17-12-8-15(25-5)9-13-17/h6-13H,1-5H3,(H,21,22). The third-order valence-corrected chi connectivity index (χ3v) is 6.15. The molecule has 1 N–H and O–H groups in total. The van der Waals surface area contributed by atoms with Crippen LogP contribution in [-0.4, -0.2) is 36.0 Å². The van der Waals surface area contributed by atoms with E-state index in [1.807, 2.05) is 0 Å². The lowest BCUT2D eigenvalue weighted by molar-refractivity contribution is -0.0912. The van der Waals surface area contributed by atoms with E-state index in [0.717, 1.165) is 5.06 Å². The molecule has 146 valence electrons. The summed E-state index contributed by atoms with van der Waals surface area (Å²) in [5, 5.41) is 11.0. The van der Waals surface area contributed by atoms with Gasteiger partial charge >= 0.3 is 6.09 Å². The summed E-state index contributed by atoms with van der Waals surface area (Å²) in [6.45, 7) is 4.98. The van der Waals surface area contributed by atoms with E-state index in [0.29, 0.717) is 22.1 Å². The maximum atomic E-state index is 14.0. The van der Waals surface area contributed by atoms with Crippen molar-refractivity contribution < 1.29 is 28.6 Å². The van der Waals surface area contributed by atoms with Crippen molar-refractivity contribution in [2.45, 2.75) is 26.3 Å². The average Bonchev–Trinajstić information content (AvgIpc) is 2.65. The first-order valence-electron chi connectivity index (χ1n) is 8.24. The Morgan fingerprint density at radius 3 is 1.52 bits per heavy atom. The fourth-order valence-electron chi connectivity index (χ4n) is 2.36. The molecule has 0 unspecified atom stereocenters. The van der Waals surface area contributed by atoms with Crippen LogP contribution in [0, 0.1) is 0 Å². The van der Waals surface area contributed by atoms with E-state index in [-0.39, 0.29) is 0 Å². The number of carboxylic acid groups (broad SMARTS) is 1. The molecule has 0 aromatic heterocycles. The van der Waals surface area contributed by atoms with Crippen LogP contribution in [0.25, 0.3) is 0 Å². The van der Waals surface area contributed by atoms with Gasteiger partial charge in [-0.1, -0.05) is 0 Å². The van der Waals surface area contributed by atoms with Crippen molar-refractivity contribution in [2.24, 2.45) is 0 Å². The molecule has 0 saturated carbocycles. The Balaban J connectivity index is 2.58. The third-order valence-electron chi connectivity index (χ3n) is 3.80. The summed E-state index contributed by atoms with van der Waals surface area (Å²) in [5.74, 6) is 1.18. The van der Waals surface area contributed by atoms with Gasteiger partial charge in [-0.2, -0.15) is 9.69 Å². The number of carbonyl (C=O) groups is 1. The van der Waals surface area contributed by atoms with E-state index in [1.54, 1.807) is 69.3 Å². The quantitative estimate of drug-likeness (QED) is 0.596. The molecule has 0 aliphatic carbocycles. The normalized spacial score (nSPS) is 11.7. The van der Waals surface area contributed by atoms with Crippen molar-refractivity contribution in [3.8, 4) is 11.5 Å². The van der Waals surface area contributed by atoms with Gasteiger partial charge in [-0.3, -0.25) is 4.57 Å². The fraction of sp³-hybridized carbons (Fsp3) is 0.316.